The number of aryl methyl sites for hydroxylation is 1. The SMILES string of the molecule is Cn1ccnc1CCOc1ccc(Cl)cc1. The fourth-order valence-electron chi connectivity index (χ4n) is 1.43. The molecule has 0 spiro atoms. The molecule has 4 heteroatoms. The molecule has 0 fully saturated rings. The Balaban J connectivity index is 1.84. The van der Waals surface area contributed by atoms with Gasteiger partial charge in [0.15, 0.2) is 0 Å². The summed E-state index contributed by atoms with van der Waals surface area (Å²) in [6.07, 6.45) is 4.52. The van der Waals surface area contributed by atoms with Crippen molar-refractivity contribution >= 4 is 11.6 Å². The van der Waals surface area contributed by atoms with Crippen molar-refractivity contribution in [1.29, 1.82) is 0 Å². The van der Waals surface area contributed by atoms with Gasteiger partial charge >= 0.3 is 0 Å². The third-order valence-electron chi connectivity index (χ3n) is 2.33. The Kier molecular flexibility index (Phi) is 3.47. The standard InChI is InChI=1S/C12H13ClN2O/c1-15-8-7-14-12(15)6-9-16-11-4-2-10(13)3-5-11/h2-5,7-8H,6,9H2,1H3. The maximum Gasteiger partial charge on any atom is 0.119 e. The molecule has 0 bridgehead atoms. The van der Waals surface area contributed by atoms with Crippen molar-refractivity contribution in [3.63, 3.8) is 0 Å². The third-order valence-corrected chi connectivity index (χ3v) is 2.58. The van der Waals surface area contributed by atoms with E-state index in [9.17, 15) is 0 Å². The van der Waals surface area contributed by atoms with Crippen molar-refractivity contribution in [3.8, 4) is 5.75 Å². The Morgan fingerprint density at radius 1 is 1.31 bits per heavy atom. The van der Waals surface area contributed by atoms with Crippen molar-refractivity contribution in [2.24, 2.45) is 7.05 Å². The number of nitrogens with zero attached hydrogens (tertiary/aromatic N) is 2. The van der Waals surface area contributed by atoms with Crippen LogP contribution < -0.4 is 4.74 Å². The number of hydrogen-bond acceptors (Lipinski definition) is 2. The number of imidazole rings is 1. The van der Waals surface area contributed by atoms with Gasteiger partial charge in [0.2, 0.25) is 0 Å². The molecule has 84 valence electrons. The van der Waals surface area contributed by atoms with E-state index in [1.54, 1.807) is 6.20 Å². The Hall–Kier alpha value is -1.48. The maximum absolute atomic E-state index is 5.78. The molecule has 0 radical (unpaired) electrons. The minimum absolute atomic E-state index is 0.618. The Bertz CT molecular complexity index is 450. The molecule has 0 aliphatic rings. The van der Waals surface area contributed by atoms with Crippen molar-refractivity contribution in [3.05, 3.63) is 47.5 Å². The van der Waals surface area contributed by atoms with Crippen molar-refractivity contribution in [2.45, 2.75) is 6.42 Å². The Labute approximate surface area is 99.6 Å². The van der Waals surface area contributed by atoms with Gasteiger partial charge in [-0.3, -0.25) is 0 Å². The summed E-state index contributed by atoms with van der Waals surface area (Å²) in [5.41, 5.74) is 0. The molecule has 1 heterocycles. The second-order valence-corrected chi connectivity index (χ2v) is 3.94. The van der Waals surface area contributed by atoms with Gasteiger partial charge in [0.05, 0.1) is 6.61 Å². The third kappa shape index (κ3) is 2.76. The van der Waals surface area contributed by atoms with E-state index in [-0.39, 0.29) is 0 Å². The van der Waals surface area contributed by atoms with Crippen LogP contribution in [0.15, 0.2) is 36.7 Å². The minimum atomic E-state index is 0.618. The summed E-state index contributed by atoms with van der Waals surface area (Å²) in [5, 5.41) is 0.719. The summed E-state index contributed by atoms with van der Waals surface area (Å²) in [6, 6.07) is 7.36. The van der Waals surface area contributed by atoms with E-state index >= 15 is 0 Å². The van der Waals surface area contributed by atoms with Crippen LogP contribution in [0, 0.1) is 0 Å². The first kappa shape index (κ1) is 11.0. The van der Waals surface area contributed by atoms with Gasteiger partial charge in [0.1, 0.15) is 11.6 Å². The van der Waals surface area contributed by atoms with E-state index in [4.69, 9.17) is 16.3 Å². The molecule has 3 nitrogen and oxygen atoms in total. The quantitative estimate of drug-likeness (QED) is 0.816. The highest BCUT2D eigenvalue weighted by Crippen LogP contribution is 2.15. The first-order valence-corrected chi connectivity index (χ1v) is 5.48. The van der Waals surface area contributed by atoms with E-state index in [1.807, 2.05) is 42.1 Å². The predicted octanol–water partition coefficient (Wildman–Crippen LogP) is 2.70. The summed E-state index contributed by atoms with van der Waals surface area (Å²) >= 11 is 5.78. The van der Waals surface area contributed by atoms with Crippen molar-refractivity contribution in [2.75, 3.05) is 6.61 Å². The molecule has 0 amide bonds. The van der Waals surface area contributed by atoms with E-state index in [0.29, 0.717) is 6.61 Å². The molecular weight excluding hydrogens is 224 g/mol. The van der Waals surface area contributed by atoms with Crippen LogP contribution in [0.3, 0.4) is 0 Å². The fraction of sp³-hybridized carbons (Fsp3) is 0.250. The molecule has 1 aromatic heterocycles. The number of ether oxygens (including phenoxy) is 1. The summed E-state index contributed by atoms with van der Waals surface area (Å²) in [6.45, 7) is 0.618. The van der Waals surface area contributed by atoms with E-state index in [1.165, 1.54) is 0 Å². The molecule has 0 aliphatic heterocycles. The molecule has 1 aromatic carbocycles. The zero-order chi connectivity index (χ0) is 11.4. The summed E-state index contributed by atoms with van der Waals surface area (Å²) in [7, 11) is 1.98. The lowest BCUT2D eigenvalue weighted by Gasteiger charge is -2.06. The molecule has 0 N–H and O–H groups in total. The van der Waals surface area contributed by atoms with E-state index in [2.05, 4.69) is 4.98 Å². The van der Waals surface area contributed by atoms with Gasteiger partial charge < -0.3 is 9.30 Å². The summed E-state index contributed by atoms with van der Waals surface area (Å²) in [4.78, 5) is 4.22. The predicted molar refractivity (Wildman–Crippen MR) is 63.9 cm³/mol. The topological polar surface area (TPSA) is 27.1 Å². The van der Waals surface area contributed by atoms with E-state index in [0.717, 1.165) is 23.0 Å². The van der Waals surface area contributed by atoms with Gasteiger partial charge in [-0.1, -0.05) is 11.6 Å². The monoisotopic (exact) mass is 236 g/mol. The number of hydrogen-bond donors (Lipinski definition) is 0. The smallest absolute Gasteiger partial charge is 0.119 e. The first-order valence-electron chi connectivity index (χ1n) is 5.10. The zero-order valence-electron chi connectivity index (χ0n) is 9.06. The zero-order valence-corrected chi connectivity index (χ0v) is 9.81. The normalized spacial score (nSPS) is 10.4. The highest BCUT2D eigenvalue weighted by atomic mass is 35.5. The van der Waals surface area contributed by atoms with Crippen LogP contribution in [0.25, 0.3) is 0 Å². The summed E-state index contributed by atoms with van der Waals surface area (Å²) in [5.74, 6) is 1.85. The molecule has 0 saturated carbocycles. The van der Waals surface area contributed by atoms with Crippen LogP contribution in [-0.2, 0) is 13.5 Å². The average Bonchev–Trinajstić information content (AvgIpc) is 2.68. The maximum atomic E-state index is 5.78. The Morgan fingerprint density at radius 2 is 2.06 bits per heavy atom. The van der Waals surface area contributed by atoms with Crippen LogP contribution in [0.2, 0.25) is 5.02 Å². The number of rotatable bonds is 4. The highest BCUT2D eigenvalue weighted by Gasteiger charge is 1.99. The lowest BCUT2D eigenvalue weighted by molar-refractivity contribution is 0.317. The second-order valence-electron chi connectivity index (χ2n) is 3.51. The molecule has 0 aliphatic carbocycles. The van der Waals surface area contributed by atoms with Crippen LogP contribution in [0.1, 0.15) is 5.82 Å². The lowest BCUT2D eigenvalue weighted by atomic mass is 10.3. The molecular formula is C12H13ClN2O. The van der Waals surface area contributed by atoms with Crippen LogP contribution in [0.4, 0.5) is 0 Å². The lowest BCUT2D eigenvalue weighted by Crippen LogP contribution is -2.05. The largest absolute Gasteiger partial charge is 0.493 e. The minimum Gasteiger partial charge on any atom is -0.493 e. The fourth-order valence-corrected chi connectivity index (χ4v) is 1.55. The van der Waals surface area contributed by atoms with Crippen molar-refractivity contribution < 1.29 is 4.74 Å². The Morgan fingerprint density at radius 3 is 2.69 bits per heavy atom. The molecule has 0 unspecified atom stereocenters. The van der Waals surface area contributed by atoms with Gasteiger partial charge in [-0.2, -0.15) is 0 Å². The van der Waals surface area contributed by atoms with Crippen LogP contribution in [-0.4, -0.2) is 16.2 Å². The second kappa shape index (κ2) is 5.03. The van der Waals surface area contributed by atoms with Gasteiger partial charge in [-0.15, -0.1) is 0 Å². The van der Waals surface area contributed by atoms with E-state index < -0.39 is 0 Å². The van der Waals surface area contributed by atoms with Gasteiger partial charge in [-0.05, 0) is 24.3 Å². The molecule has 0 saturated heterocycles. The first-order chi connectivity index (χ1) is 7.75. The average molecular weight is 237 g/mol. The molecule has 2 aromatic rings. The number of benzene rings is 1. The van der Waals surface area contributed by atoms with Crippen LogP contribution in [0.5, 0.6) is 5.75 Å². The molecule has 0 atom stereocenters. The van der Waals surface area contributed by atoms with Gasteiger partial charge in [-0.25, -0.2) is 4.98 Å². The molecule has 16 heavy (non-hydrogen) atoms. The number of aromatic nitrogens is 2. The number of halogens is 1. The van der Waals surface area contributed by atoms with Gasteiger partial charge in [0, 0.05) is 30.9 Å². The van der Waals surface area contributed by atoms with Gasteiger partial charge in [0.25, 0.3) is 0 Å². The molecule has 2 rings (SSSR count). The highest BCUT2D eigenvalue weighted by molar-refractivity contribution is 6.30. The van der Waals surface area contributed by atoms with Crippen molar-refractivity contribution in [1.82, 2.24) is 9.55 Å². The van der Waals surface area contributed by atoms with Crippen LogP contribution >= 0.6 is 11.6 Å². The summed E-state index contributed by atoms with van der Waals surface area (Å²) < 4.78 is 7.57.